The van der Waals surface area contributed by atoms with E-state index in [9.17, 15) is 44.7 Å². The molecule has 13 heteroatoms. The Hall–Kier alpha value is -1.66. The highest BCUT2D eigenvalue weighted by Gasteiger charge is 2.73. The average molecular weight is 304 g/mol. The quantitative estimate of drug-likeness (QED) is 0.721. The van der Waals surface area contributed by atoms with E-state index < -0.39 is 35.9 Å². The lowest BCUT2D eigenvalue weighted by Crippen LogP contribution is -2.62. The molecule has 0 aromatic carbocycles. The number of halogens is 8. The number of amides is 2. The van der Waals surface area contributed by atoms with E-state index in [1.807, 2.05) is 0 Å². The van der Waals surface area contributed by atoms with Gasteiger partial charge in [0.15, 0.2) is 0 Å². The normalized spacial score (nSPS) is 16.8. The smallest absolute Gasteiger partial charge is 0.364 e. The zero-order valence-corrected chi connectivity index (χ0v) is 8.40. The van der Waals surface area contributed by atoms with Crippen LogP contribution in [0.15, 0.2) is 0 Å². The van der Waals surface area contributed by atoms with Crippen LogP contribution in [0, 0.1) is 0 Å². The third kappa shape index (κ3) is 2.85. The Morgan fingerprint density at radius 3 is 1.37 bits per heavy atom. The maximum absolute atomic E-state index is 12.9. The SMILES string of the molecule is NC(=O)C(F)(F)C(F)(F)OC(F)(C(N)=O)C(F)(F)F. The molecule has 2 amide bonds. The van der Waals surface area contributed by atoms with Crippen LogP contribution in [0.1, 0.15) is 0 Å². The molecule has 0 radical (unpaired) electrons. The molecular weight excluding hydrogens is 300 g/mol. The van der Waals surface area contributed by atoms with Gasteiger partial charge in [0.25, 0.3) is 11.8 Å². The lowest BCUT2D eigenvalue weighted by Gasteiger charge is -2.31. The number of carbonyl (C=O) groups excluding carboxylic acids is 2. The second-order valence-corrected chi connectivity index (χ2v) is 3.01. The summed E-state index contributed by atoms with van der Waals surface area (Å²) in [5.74, 6) is -18.2. The van der Waals surface area contributed by atoms with Crippen LogP contribution < -0.4 is 11.5 Å². The molecular formula is C6H4F8N2O3. The summed E-state index contributed by atoms with van der Waals surface area (Å²) in [7, 11) is 0. The molecule has 0 fully saturated rings. The lowest BCUT2D eigenvalue weighted by atomic mass is 10.2. The molecule has 0 aromatic rings. The van der Waals surface area contributed by atoms with Gasteiger partial charge in [-0.05, 0) is 0 Å². The van der Waals surface area contributed by atoms with Gasteiger partial charge in [0.2, 0.25) is 0 Å². The Labute approximate surface area is 98.0 Å². The molecule has 5 nitrogen and oxygen atoms in total. The summed E-state index contributed by atoms with van der Waals surface area (Å²) in [5, 5.41) is 0. The molecule has 0 aliphatic rings. The monoisotopic (exact) mass is 304 g/mol. The first-order valence-corrected chi connectivity index (χ1v) is 3.91. The predicted octanol–water partition coefficient (Wildman–Crippen LogP) is 0.430. The molecule has 1 atom stereocenters. The first kappa shape index (κ1) is 17.3. The summed E-state index contributed by atoms with van der Waals surface area (Å²) < 4.78 is 101. The molecule has 112 valence electrons. The van der Waals surface area contributed by atoms with Crippen molar-refractivity contribution in [1.82, 2.24) is 0 Å². The molecule has 1 unspecified atom stereocenters. The molecule has 0 bridgehead atoms. The first-order chi connectivity index (χ1) is 8.09. The van der Waals surface area contributed by atoms with Crippen molar-refractivity contribution in [3.63, 3.8) is 0 Å². The molecule has 0 rings (SSSR count). The van der Waals surface area contributed by atoms with Crippen LogP contribution in [-0.2, 0) is 14.3 Å². The number of nitrogens with two attached hydrogens (primary N) is 2. The van der Waals surface area contributed by atoms with Crippen LogP contribution in [0.3, 0.4) is 0 Å². The third-order valence-corrected chi connectivity index (χ3v) is 1.63. The molecule has 0 spiro atoms. The fourth-order valence-corrected chi connectivity index (χ4v) is 0.632. The molecule has 19 heavy (non-hydrogen) atoms. The highest BCUT2D eigenvalue weighted by molar-refractivity contribution is 5.84. The number of alkyl halides is 8. The molecule has 0 saturated carbocycles. The fraction of sp³-hybridized carbons (Fsp3) is 0.667. The third-order valence-electron chi connectivity index (χ3n) is 1.63. The van der Waals surface area contributed by atoms with Gasteiger partial charge in [0.05, 0.1) is 0 Å². The van der Waals surface area contributed by atoms with E-state index in [1.54, 1.807) is 0 Å². The molecule has 0 aliphatic carbocycles. The van der Waals surface area contributed by atoms with E-state index >= 15 is 0 Å². The average Bonchev–Trinajstić information content (AvgIpc) is 2.13. The van der Waals surface area contributed by atoms with Crippen LogP contribution in [0.5, 0.6) is 0 Å². The predicted molar refractivity (Wildman–Crippen MR) is 39.3 cm³/mol. The molecule has 0 aliphatic heterocycles. The van der Waals surface area contributed by atoms with Gasteiger partial charge in [-0.15, -0.1) is 0 Å². The van der Waals surface area contributed by atoms with Crippen molar-refractivity contribution in [2.45, 2.75) is 24.1 Å². The van der Waals surface area contributed by atoms with Crippen LogP contribution in [0.25, 0.3) is 0 Å². The summed E-state index contributed by atoms with van der Waals surface area (Å²) in [5.41, 5.74) is 7.62. The number of hydrogen-bond donors (Lipinski definition) is 2. The van der Waals surface area contributed by atoms with Crippen molar-refractivity contribution in [3.8, 4) is 0 Å². The van der Waals surface area contributed by atoms with Crippen molar-refractivity contribution in [2.24, 2.45) is 11.5 Å². The standard InChI is InChI=1S/C6H4F8N2O3/c7-3(8,1(15)17)6(13,14)19-4(9,2(16)18)5(10,11)12/h(H2,15,17)(H2,16,18). The zero-order chi connectivity index (χ0) is 15.9. The molecule has 0 saturated heterocycles. The van der Waals surface area contributed by atoms with Crippen molar-refractivity contribution in [2.75, 3.05) is 0 Å². The van der Waals surface area contributed by atoms with Crippen LogP contribution in [0.4, 0.5) is 35.1 Å². The van der Waals surface area contributed by atoms with E-state index in [2.05, 4.69) is 16.2 Å². The Morgan fingerprint density at radius 1 is 0.789 bits per heavy atom. The fourth-order valence-electron chi connectivity index (χ4n) is 0.632. The molecule has 0 aromatic heterocycles. The Morgan fingerprint density at radius 2 is 1.16 bits per heavy atom. The highest BCUT2D eigenvalue weighted by Crippen LogP contribution is 2.44. The largest absolute Gasteiger partial charge is 0.458 e. The van der Waals surface area contributed by atoms with E-state index in [0.29, 0.717) is 0 Å². The first-order valence-electron chi connectivity index (χ1n) is 3.91. The summed E-state index contributed by atoms with van der Waals surface area (Å²) in [6.45, 7) is 0. The minimum Gasteiger partial charge on any atom is -0.364 e. The second-order valence-electron chi connectivity index (χ2n) is 3.01. The van der Waals surface area contributed by atoms with Gasteiger partial charge < -0.3 is 11.5 Å². The van der Waals surface area contributed by atoms with Gasteiger partial charge in [-0.3, -0.25) is 14.3 Å². The van der Waals surface area contributed by atoms with Crippen LogP contribution in [-0.4, -0.2) is 35.9 Å². The summed E-state index contributed by atoms with van der Waals surface area (Å²) in [6, 6.07) is 0. The molecule has 4 N–H and O–H groups in total. The lowest BCUT2D eigenvalue weighted by molar-refractivity contribution is -0.427. The van der Waals surface area contributed by atoms with Crippen LogP contribution in [0.2, 0.25) is 0 Å². The van der Waals surface area contributed by atoms with E-state index in [0.717, 1.165) is 0 Å². The van der Waals surface area contributed by atoms with E-state index in [1.165, 1.54) is 0 Å². The van der Waals surface area contributed by atoms with Gasteiger partial charge in [-0.25, -0.2) is 0 Å². The maximum Gasteiger partial charge on any atom is 0.458 e. The summed E-state index contributed by atoms with van der Waals surface area (Å²) in [4.78, 5) is 20.1. The number of hydrogen-bond acceptors (Lipinski definition) is 3. The number of rotatable bonds is 5. The van der Waals surface area contributed by atoms with Gasteiger partial charge in [0, 0.05) is 0 Å². The number of ether oxygens (including phenoxy) is 1. The van der Waals surface area contributed by atoms with Crippen molar-refractivity contribution >= 4 is 11.8 Å². The van der Waals surface area contributed by atoms with E-state index in [4.69, 9.17) is 0 Å². The van der Waals surface area contributed by atoms with Crippen molar-refractivity contribution in [1.29, 1.82) is 0 Å². The maximum atomic E-state index is 12.9. The Bertz CT molecular complexity index is 394. The number of primary amides is 2. The highest BCUT2D eigenvalue weighted by atomic mass is 19.4. The van der Waals surface area contributed by atoms with Crippen molar-refractivity contribution < 1.29 is 49.4 Å². The summed E-state index contributed by atoms with van der Waals surface area (Å²) >= 11 is 0. The van der Waals surface area contributed by atoms with Gasteiger partial charge in [-0.2, -0.15) is 35.1 Å². The van der Waals surface area contributed by atoms with Gasteiger partial charge >= 0.3 is 24.1 Å². The van der Waals surface area contributed by atoms with Gasteiger partial charge in [-0.1, -0.05) is 0 Å². The van der Waals surface area contributed by atoms with Gasteiger partial charge in [0.1, 0.15) is 0 Å². The Balaban J connectivity index is 5.64. The topological polar surface area (TPSA) is 95.4 Å². The second kappa shape index (κ2) is 4.47. The Kier molecular flexibility index (Phi) is 4.08. The number of carbonyl (C=O) groups is 2. The minimum atomic E-state index is -6.49. The summed E-state index contributed by atoms with van der Waals surface area (Å²) in [6.07, 6.45) is -12.9. The van der Waals surface area contributed by atoms with Crippen LogP contribution >= 0.6 is 0 Å². The minimum absolute atomic E-state index is 2.13. The van der Waals surface area contributed by atoms with E-state index in [-0.39, 0.29) is 0 Å². The molecule has 0 heterocycles. The van der Waals surface area contributed by atoms with Crippen molar-refractivity contribution in [3.05, 3.63) is 0 Å². The zero-order valence-electron chi connectivity index (χ0n) is 8.40.